The standard InChI is InChI=1S/C76H54N2Si/c1-6-21-57(22-7-1)72-53-60-23-16-17-24-61(60)54-73(72)59-43-47-64(48-44-59)77(65-49-51-69(52-50-65)79(66-27-10-3-11-28-66,67-29-12-4-13-30-67)68-31-14-5-15-32-68)63-45-41-56(42-46-63)55-37-39-58(40-38-55)70-34-20-36-75-76(70)71-33-18-19-35-74(71)78(75)62-25-8-2-9-26-62/h1-54H. The van der Waals surface area contributed by atoms with Crippen molar-refractivity contribution in [1.82, 2.24) is 4.57 Å². The van der Waals surface area contributed by atoms with E-state index in [1.165, 1.54) is 92.3 Å². The van der Waals surface area contributed by atoms with E-state index in [0.717, 1.165) is 28.3 Å². The predicted octanol–water partition coefficient (Wildman–Crippen LogP) is 17.5. The van der Waals surface area contributed by atoms with Crippen LogP contribution in [0.5, 0.6) is 0 Å². The minimum atomic E-state index is -2.74. The summed E-state index contributed by atoms with van der Waals surface area (Å²) >= 11 is 0. The summed E-state index contributed by atoms with van der Waals surface area (Å²) in [5.41, 5.74) is 16.4. The zero-order chi connectivity index (χ0) is 52.5. The summed E-state index contributed by atoms with van der Waals surface area (Å²) in [6.45, 7) is 0. The molecule has 13 aromatic carbocycles. The number of benzene rings is 13. The molecular weight excluding hydrogens is 969 g/mol. The van der Waals surface area contributed by atoms with Crippen molar-refractivity contribution >= 4 is 78.5 Å². The third kappa shape index (κ3) is 8.54. The van der Waals surface area contributed by atoms with E-state index in [-0.39, 0.29) is 0 Å². The van der Waals surface area contributed by atoms with Crippen molar-refractivity contribution in [3.8, 4) is 50.2 Å². The van der Waals surface area contributed by atoms with Gasteiger partial charge in [-0.05, 0) is 149 Å². The van der Waals surface area contributed by atoms with Gasteiger partial charge in [-0.25, -0.2) is 0 Å². The Hall–Kier alpha value is -10.1. The van der Waals surface area contributed by atoms with Crippen LogP contribution in [0, 0.1) is 0 Å². The van der Waals surface area contributed by atoms with E-state index in [4.69, 9.17) is 0 Å². The lowest BCUT2D eigenvalue weighted by Gasteiger charge is -2.35. The largest absolute Gasteiger partial charge is 0.311 e. The lowest BCUT2D eigenvalue weighted by atomic mass is 9.91. The van der Waals surface area contributed by atoms with Crippen LogP contribution in [0.4, 0.5) is 17.1 Å². The van der Waals surface area contributed by atoms with Gasteiger partial charge in [0.1, 0.15) is 0 Å². The second-order valence-corrected chi connectivity index (χ2v) is 24.2. The highest BCUT2D eigenvalue weighted by Gasteiger charge is 2.41. The maximum absolute atomic E-state index is 2.74. The third-order valence-corrected chi connectivity index (χ3v) is 20.8. The molecule has 0 atom stereocenters. The van der Waals surface area contributed by atoms with Gasteiger partial charge >= 0.3 is 0 Å². The number of hydrogen-bond donors (Lipinski definition) is 0. The van der Waals surface area contributed by atoms with Crippen molar-refractivity contribution in [2.45, 2.75) is 0 Å². The number of para-hydroxylation sites is 2. The molecule has 14 rings (SSSR count). The molecule has 0 saturated heterocycles. The second kappa shape index (κ2) is 20.5. The summed E-state index contributed by atoms with van der Waals surface area (Å²) in [5, 5.41) is 10.4. The molecule has 3 heteroatoms. The maximum Gasteiger partial charge on any atom is 0.179 e. The van der Waals surface area contributed by atoms with Crippen LogP contribution < -0.4 is 25.6 Å². The van der Waals surface area contributed by atoms with E-state index < -0.39 is 8.07 Å². The van der Waals surface area contributed by atoms with Gasteiger partial charge in [-0.15, -0.1) is 0 Å². The zero-order valence-corrected chi connectivity index (χ0v) is 44.6. The quantitative estimate of drug-likeness (QED) is 0.0875. The summed E-state index contributed by atoms with van der Waals surface area (Å²) in [5.74, 6) is 0. The average Bonchev–Trinajstić information content (AvgIpc) is 4.14. The molecule has 79 heavy (non-hydrogen) atoms. The summed E-state index contributed by atoms with van der Waals surface area (Å²) < 4.78 is 2.39. The number of hydrogen-bond acceptors (Lipinski definition) is 1. The van der Waals surface area contributed by atoms with Gasteiger partial charge in [-0.3, -0.25) is 0 Å². The van der Waals surface area contributed by atoms with Crippen LogP contribution in [0.25, 0.3) is 82.8 Å². The first-order valence-corrected chi connectivity index (χ1v) is 29.2. The fourth-order valence-corrected chi connectivity index (χ4v) is 17.0. The Balaban J connectivity index is 0.861. The van der Waals surface area contributed by atoms with Gasteiger partial charge in [-0.2, -0.15) is 0 Å². The molecule has 2 nitrogen and oxygen atoms in total. The predicted molar refractivity (Wildman–Crippen MR) is 338 cm³/mol. The van der Waals surface area contributed by atoms with Crippen LogP contribution in [-0.4, -0.2) is 12.6 Å². The molecular formula is C76H54N2Si. The normalized spacial score (nSPS) is 11.5. The summed E-state index contributed by atoms with van der Waals surface area (Å²) in [6.07, 6.45) is 0. The first-order chi connectivity index (χ1) is 39.2. The maximum atomic E-state index is 2.41. The van der Waals surface area contributed by atoms with Crippen LogP contribution in [0.1, 0.15) is 0 Å². The molecule has 14 aromatic rings. The summed E-state index contributed by atoms with van der Waals surface area (Å²) in [4.78, 5) is 2.41. The molecule has 0 aliphatic carbocycles. The molecule has 1 aromatic heterocycles. The minimum absolute atomic E-state index is 1.08. The lowest BCUT2D eigenvalue weighted by molar-refractivity contribution is 1.18. The lowest BCUT2D eigenvalue weighted by Crippen LogP contribution is -2.74. The van der Waals surface area contributed by atoms with Crippen LogP contribution in [0.15, 0.2) is 328 Å². The van der Waals surface area contributed by atoms with Crippen LogP contribution in [-0.2, 0) is 0 Å². The van der Waals surface area contributed by atoms with Gasteiger partial charge in [0, 0.05) is 33.5 Å². The molecule has 0 fully saturated rings. The highest BCUT2D eigenvalue weighted by molar-refractivity contribution is 7.19. The van der Waals surface area contributed by atoms with Gasteiger partial charge < -0.3 is 9.47 Å². The number of aromatic nitrogens is 1. The van der Waals surface area contributed by atoms with Crippen LogP contribution >= 0.6 is 0 Å². The first kappa shape index (κ1) is 47.4. The molecule has 0 saturated carbocycles. The molecule has 0 radical (unpaired) electrons. The molecule has 1 heterocycles. The molecule has 0 aliphatic heterocycles. The average molecular weight is 1020 g/mol. The van der Waals surface area contributed by atoms with Crippen LogP contribution in [0.2, 0.25) is 0 Å². The summed E-state index contributed by atoms with van der Waals surface area (Å²) in [7, 11) is -2.74. The van der Waals surface area contributed by atoms with Crippen molar-refractivity contribution in [2.75, 3.05) is 4.90 Å². The molecule has 0 unspecified atom stereocenters. The van der Waals surface area contributed by atoms with E-state index in [1.54, 1.807) is 0 Å². The zero-order valence-electron chi connectivity index (χ0n) is 43.6. The van der Waals surface area contributed by atoms with Gasteiger partial charge in [0.15, 0.2) is 8.07 Å². The topological polar surface area (TPSA) is 8.17 Å². The van der Waals surface area contributed by atoms with E-state index in [2.05, 4.69) is 337 Å². The molecule has 0 amide bonds. The van der Waals surface area contributed by atoms with Crippen molar-refractivity contribution in [3.63, 3.8) is 0 Å². The fraction of sp³-hybridized carbons (Fsp3) is 0. The number of fused-ring (bicyclic) bond motifs is 4. The number of anilines is 3. The van der Waals surface area contributed by atoms with Crippen molar-refractivity contribution in [1.29, 1.82) is 0 Å². The highest BCUT2D eigenvalue weighted by Crippen LogP contribution is 2.42. The van der Waals surface area contributed by atoms with Crippen LogP contribution in [0.3, 0.4) is 0 Å². The van der Waals surface area contributed by atoms with Gasteiger partial charge in [0.25, 0.3) is 0 Å². The minimum Gasteiger partial charge on any atom is -0.311 e. The van der Waals surface area contributed by atoms with E-state index in [1.807, 2.05) is 0 Å². The Labute approximate surface area is 463 Å². The van der Waals surface area contributed by atoms with Crippen molar-refractivity contribution in [2.24, 2.45) is 0 Å². The monoisotopic (exact) mass is 1020 g/mol. The van der Waals surface area contributed by atoms with Gasteiger partial charge in [0.05, 0.1) is 11.0 Å². The molecule has 372 valence electrons. The van der Waals surface area contributed by atoms with E-state index >= 15 is 0 Å². The van der Waals surface area contributed by atoms with Crippen molar-refractivity contribution in [3.05, 3.63) is 328 Å². The Morgan fingerprint density at radius 3 is 1.15 bits per heavy atom. The Morgan fingerprint density at radius 2 is 0.620 bits per heavy atom. The highest BCUT2D eigenvalue weighted by atomic mass is 28.3. The summed E-state index contributed by atoms with van der Waals surface area (Å²) in [6, 6.07) is 121. The Morgan fingerprint density at radius 1 is 0.253 bits per heavy atom. The van der Waals surface area contributed by atoms with Gasteiger partial charge in [-0.1, -0.05) is 255 Å². The third-order valence-electron chi connectivity index (χ3n) is 16.0. The Kier molecular flexibility index (Phi) is 12.3. The molecule has 0 spiro atoms. The number of rotatable bonds is 12. The number of nitrogens with zero attached hydrogens (tertiary/aromatic N) is 2. The molecule has 0 bridgehead atoms. The first-order valence-electron chi connectivity index (χ1n) is 27.2. The SMILES string of the molecule is c1ccc(-c2cc3ccccc3cc2-c2ccc(N(c3ccc(-c4ccc(-c5cccc6c5c5ccccc5n6-c5ccccc5)cc4)cc3)c3ccc([Si](c4ccccc4)(c4ccccc4)c4ccccc4)cc3)cc2)cc1. The van der Waals surface area contributed by atoms with E-state index in [9.17, 15) is 0 Å². The smallest absolute Gasteiger partial charge is 0.179 e. The van der Waals surface area contributed by atoms with E-state index in [0.29, 0.717) is 0 Å². The van der Waals surface area contributed by atoms with Crippen molar-refractivity contribution < 1.29 is 0 Å². The fourth-order valence-electron chi connectivity index (χ4n) is 12.3. The Bertz CT molecular complexity index is 4310. The molecule has 0 aliphatic rings. The molecule has 0 N–H and O–H groups in total. The van der Waals surface area contributed by atoms with Gasteiger partial charge in [0.2, 0.25) is 0 Å². The second-order valence-electron chi connectivity index (χ2n) is 20.4.